The van der Waals surface area contributed by atoms with Gasteiger partial charge in [0, 0.05) is 25.8 Å². The second kappa shape index (κ2) is 8.40. The van der Waals surface area contributed by atoms with Crippen LogP contribution in [0.5, 0.6) is 0 Å². The molecule has 2 unspecified atom stereocenters. The lowest BCUT2D eigenvalue weighted by molar-refractivity contribution is -0.116. The Kier molecular flexibility index (Phi) is 5.99. The molecule has 25 heavy (non-hydrogen) atoms. The molecule has 1 amide bonds. The first-order valence-corrected chi connectivity index (χ1v) is 8.59. The first kappa shape index (κ1) is 17.8. The van der Waals surface area contributed by atoms with Crippen LogP contribution in [0, 0.1) is 5.92 Å². The van der Waals surface area contributed by atoms with E-state index in [1.165, 1.54) is 12.2 Å². The van der Waals surface area contributed by atoms with Crippen LogP contribution in [0.1, 0.15) is 18.4 Å². The summed E-state index contributed by atoms with van der Waals surface area (Å²) in [4.78, 5) is 13.6. The Labute approximate surface area is 147 Å². The van der Waals surface area contributed by atoms with Gasteiger partial charge in [-0.3, -0.25) is 4.79 Å². The lowest BCUT2D eigenvalue weighted by Gasteiger charge is -2.31. The second-order valence-corrected chi connectivity index (χ2v) is 6.40. The number of aliphatic hydroxyl groups is 2. The molecule has 2 heterocycles. The normalized spacial score (nSPS) is 25.3. The molecule has 2 aliphatic heterocycles. The minimum Gasteiger partial charge on any atom is -0.381 e. The smallest absolute Gasteiger partial charge is 0.248 e. The fraction of sp³-hybridized carbons (Fsp3) is 0.421. The van der Waals surface area contributed by atoms with Crippen molar-refractivity contribution in [3.8, 4) is 0 Å². The Morgan fingerprint density at radius 2 is 1.96 bits per heavy atom. The topological polar surface area (TPSA) is 82.0 Å². The molecule has 134 valence electrons. The molecule has 1 fully saturated rings. The predicted octanol–water partition coefficient (Wildman–Crippen LogP) is 1.08. The molecule has 6 nitrogen and oxygen atoms in total. The van der Waals surface area contributed by atoms with Crippen LogP contribution in [0.2, 0.25) is 0 Å². The van der Waals surface area contributed by atoms with E-state index in [-0.39, 0.29) is 5.91 Å². The van der Waals surface area contributed by atoms with Crippen molar-refractivity contribution in [3.63, 3.8) is 0 Å². The van der Waals surface area contributed by atoms with E-state index in [1.807, 2.05) is 30.3 Å². The summed E-state index contributed by atoms with van der Waals surface area (Å²) >= 11 is 0. The maximum absolute atomic E-state index is 12.1. The Hall–Kier alpha value is -1.99. The lowest BCUT2D eigenvalue weighted by Crippen LogP contribution is -2.44. The molecular formula is C19H24N2O4. The van der Waals surface area contributed by atoms with Crippen molar-refractivity contribution in [1.82, 2.24) is 10.2 Å². The quantitative estimate of drug-likeness (QED) is 0.697. The lowest BCUT2D eigenvalue weighted by atomic mass is 10.00. The van der Waals surface area contributed by atoms with Crippen LogP contribution in [-0.4, -0.2) is 53.2 Å². The maximum atomic E-state index is 12.1. The minimum atomic E-state index is -1.01. The highest BCUT2D eigenvalue weighted by Gasteiger charge is 2.34. The number of carbonyl (C=O) groups is 1. The van der Waals surface area contributed by atoms with E-state index in [4.69, 9.17) is 4.74 Å². The summed E-state index contributed by atoms with van der Waals surface area (Å²) in [5, 5.41) is 23.2. The van der Waals surface area contributed by atoms with Crippen LogP contribution in [-0.2, 0) is 9.53 Å². The van der Waals surface area contributed by atoms with Crippen LogP contribution >= 0.6 is 0 Å². The van der Waals surface area contributed by atoms with Gasteiger partial charge < -0.3 is 20.3 Å². The number of amides is 1. The number of nitrogens with zero attached hydrogens (tertiary/aromatic N) is 1. The van der Waals surface area contributed by atoms with Gasteiger partial charge in [-0.25, -0.2) is 4.90 Å². The number of hydrogen-bond donors (Lipinski definition) is 3. The summed E-state index contributed by atoms with van der Waals surface area (Å²) in [6.45, 7) is 2.00. The molecular weight excluding hydrogens is 320 g/mol. The predicted molar refractivity (Wildman–Crippen MR) is 94.0 cm³/mol. The molecule has 0 aliphatic carbocycles. The van der Waals surface area contributed by atoms with Gasteiger partial charge >= 0.3 is 0 Å². The van der Waals surface area contributed by atoms with E-state index in [9.17, 15) is 15.0 Å². The van der Waals surface area contributed by atoms with E-state index in [1.54, 1.807) is 11.0 Å². The van der Waals surface area contributed by atoms with Gasteiger partial charge in [0.25, 0.3) is 0 Å². The van der Waals surface area contributed by atoms with Crippen molar-refractivity contribution >= 4 is 12.0 Å². The highest BCUT2D eigenvalue weighted by Crippen LogP contribution is 2.24. The highest BCUT2D eigenvalue weighted by molar-refractivity contribution is 5.92. The average Bonchev–Trinajstić information content (AvgIpc) is 2.89. The van der Waals surface area contributed by atoms with Crippen molar-refractivity contribution in [2.45, 2.75) is 25.3 Å². The molecule has 0 radical (unpaired) electrons. The van der Waals surface area contributed by atoms with Crippen molar-refractivity contribution in [3.05, 3.63) is 53.7 Å². The third-order valence-electron chi connectivity index (χ3n) is 4.56. The van der Waals surface area contributed by atoms with Crippen molar-refractivity contribution in [2.75, 3.05) is 19.8 Å². The minimum absolute atomic E-state index is 0.322. The molecule has 1 saturated heterocycles. The van der Waals surface area contributed by atoms with Crippen LogP contribution in [0.4, 0.5) is 0 Å². The molecule has 2 aliphatic rings. The number of nitrogens with one attached hydrogen (secondary N) is 1. The zero-order valence-corrected chi connectivity index (χ0v) is 14.0. The molecule has 3 rings (SSSR count). The molecule has 6 heteroatoms. The molecule has 0 spiro atoms. The average molecular weight is 344 g/mol. The summed E-state index contributed by atoms with van der Waals surface area (Å²) < 4.78 is 5.33. The van der Waals surface area contributed by atoms with E-state index in [2.05, 4.69) is 5.32 Å². The van der Waals surface area contributed by atoms with Crippen molar-refractivity contribution in [2.24, 2.45) is 5.92 Å². The first-order valence-electron chi connectivity index (χ1n) is 8.59. The van der Waals surface area contributed by atoms with Crippen LogP contribution < -0.4 is 5.32 Å². The summed E-state index contributed by atoms with van der Waals surface area (Å²) in [5.41, 5.74) is 1.24. The Morgan fingerprint density at radius 3 is 2.68 bits per heavy atom. The summed E-state index contributed by atoms with van der Waals surface area (Å²) in [6, 6.07) is 9.49. The summed E-state index contributed by atoms with van der Waals surface area (Å²) in [5.74, 6) is 0.0359. The van der Waals surface area contributed by atoms with Gasteiger partial charge in [-0.2, -0.15) is 0 Å². The Morgan fingerprint density at radius 1 is 1.24 bits per heavy atom. The van der Waals surface area contributed by atoms with E-state index in [0.717, 1.165) is 18.4 Å². The van der Waals surface area contributed by atoms with Gasteiger partial charge in [-0.15, -0.1) is 0 Å². The molecule has 0 saturated carbocycles. The number of hydrogen-bond acceptors (Lipinski definition) is 5. The SMILES string of the molecule is O=C(/C=C/c1ccccc1)NC1=CC(O)N(CC2CCOCC2)C1O. The van der Waals surface area contributed by atoms with Crippen LogP contribution in [0.25, 0.3) is 6.08 Å². The molecule has 1 aromatic carbocycles. The zero-order valence-electron chi connectivity index (χ0n) is 14.0. The van der Waals surface area contributed by atoms with E-state index >= 15 is 0 Å². The molecule has 0 aromatic heterocycles. The monoisotopic (exact) mass is 344 g/mol. The third kappa shape index (κ3) is 4.76. The Bertz CT molecular complexity index is 638. The fourth-order valence-electron chi connectivity index (χ4n) is 3.13. The van der Waals surface area contributed by atoms with E-state index in [0.29, 0.717) is 31.4 Å². The molecule has 1 aromatic rings. The van der Waals surface area contributed by atoms with Gasteiger partial charge in [-0.05, 0) is 36.5 Å². The number of benzene rings is 1. The van der Waals surface area contributed by atoms with Crippen molar-refractivity contribution < 1.29 is 19.7 Å². The molecule has 0 bridgehead atoms. The number of aliphatic hydroxyl groups excluding tert-OH is 2. The summed E-state index contributed by atoms with van der Waals surface area (Å²) in [7, 11) is 0. The largest absolute Gasteiger partial charge is 0.381 e. The second-order valence-electron chi connectivity index (χ2n) is 6.40. The van der Waals surface area contributed by atoms with E-state index < -0.39 is 12.5 Å². The van der Waals surface area contributed by atoms with Gasteiger partial charge in [-0.1, -0.05) is 30.3 Å². The summed E-state index contributed by atoms with van der Waals surface area (Å²) in [6.07, 6.45) is 4.52. The van der Waals surface area contributed by atoms with Gasteiger partial charge in [0.1, 0.15) is 6.23 Å². The first-order chi connectivity index (χ1) is 12.1. The van der Waals surface area contributed by atoms with Gasteiger partial charge in [0.2, 0.25) is 5.91 Å². The zero-order chi connectivity index (χ0) is 17.6. The standard InChI is InChI=1S/C19H24N2O4/c22-17(7-6-14-4-2-1-3-5-14)20-16-12-18(23)21(19(16)24)13-15-8-10-25-11-9-15/h1-7,12,15,18-19,23-24H,8-11,13H2,(H,20,22)/b7-6+. The van der Waals surface area contributed by atoms with Crippen LogP contribution in [0.15, 0.2) is 48.2 Å². The van der Waals surface area contributed by atoms with Crippen molar-refractivity contribution in [1.29, 1.82) is 0 Å². The third-order valence-corrected chi connectivity index (χ3v) is 4.56. The number of ether oxygens (including phenoxy) is 1. The van der Waals surface area contributed by atoms with Crippen LogP contribution in [0.3, 0.4) is 0 Å². The Balaban J connectivity index is 1.54. The molecule has 2 atom stereocenters. The van der Waals surface area contributed by atoms with Gasteiger partial charge in [0.05, 0.1) is 5.70 Å². The number of carbonyl (C=O) groups excluding carboxylic acids is 1. The number of rotatable bonds is 5. The molecule has 3 N–H and O–H groups in total. The highest BCUT2D eigenvalue weighted by atomic mass is 16.5. The fourth-order valence-corrected chi connectivity index (χ4v) is 3.13. The van der Waals surface area contributed by atoms with Gasteiger partial charge in [0.15, 0.2) is 6.23 Å². The maximum Gasteiger partial charge on any atom is 0.248 e.